The second kappa shape index (κ2) is 6.44. The third-order valence-corrected chi connectivity index (χ3v) is 2.97. The van der Waals surface area contributed by atoms with Gasteiger partial charge < -0.3 is 5.32 Å². The van der Waals surface area contributed by atoms with E-state index < -0.39 is 0 Å². The molecule has 3 heteroatoms. The Labute approximate surface area is 126 Å². The average Bonchev–Trinajstić information content (AvgIpc) is 2.46. The molecule has 0 aromatic heterocycles. The number of carbonyl (C=O) groups is 1. The number of nitrogens with one attached hydrogen (secondary N) is 1. The topological polar surface area (TPSA) is 32.3 Å². The Balaban J connectivity index is 2.21. The molecule has 0 bridgehead atoms. The summed E-state index contributed by atoms with van der Waals surface area (Å²) < 4.78 is 0. The van der Waals surface area contributed by atoms with E-state index in [4.69, 9.17) is 0 Å². The van der Waals surface area contributed by atoms with Crippen molar-refractivity contribution in [1.29, 1.82) is 0 Å². The van der Waals surface area contributed by atoms with E-state index in [2.05, 4.69) is 26.1 Å². The highest BCUT2D eigenvalue weighted by Crippen LogP contribution is 2.22. The highest BCUT2D eigenvalue weighted by Gasteiger charge is 2.22. The monoisotopic (exact) mass is 282 g/mol. The molecule has 0 saturated heterocycles. The summed E-state index contributed by atoms with van der Waals surface area (Å²) in [5, 5.41) is 2.95. The Bertz CT molecular complexity index is 573. The highest BCUT2D eigenvalue weighted by atomic mass is 16.2. The number of hydrogen-bond acceptors (Lipinski definition) is 1. The van der Waals surface area contributed by atoms with Gasteiger partial charge >= 0.3 is 6.03 Å². The zero-order valence-corrected chi connectivity index (χ0v) is 12.8. The zero-order valence-electron chi connectivity index (χ0n) is 12.8. The van der Waals surface area contributed by atoms with Crippen molar-refractivity contribution in [2.45, 2.75) is 20.8 Å². The minimum atomic E-state index is -0.109. The minimum Gasteiger partial charge on any atom is -0.308 e. The van der Waals surface area contributed by atoms with E-state index in [0.29, 0.717) is 6.54 Å². The number of amides is 2. The molecule has 1 N–H and O–H groups in total. The van der Waals surface area contributed by atoms with Crippen LogP contribution in [0.5, 0.6) is 0 Å². The Kier molecular flexibility index (Phi) is 4.63. The molecule has 0 heterocycles. The molecule has 2 aromatic carbocycles. The van der Waals surface area contributed by atoms with Gasteiger partial charge in [0.05, 0.1) is 0 Å². The summed E-state index contributed by atoms with van der Waals surface area (Å²) in [5.41, 5.74) is 1.72. The zero-order chi connectivity index (χ0) is 15.3. The Hall–Kier alpha value is -2.29. The first-order valence-electron chi connectivity index (χ1n) is 7.14. The molecule has 0 aliphatic heterocycles. The van der Waals surface area contributed by atoms with Crippen LogP contribution < -0.4 is 10.2 Å². The molecule has 0 aliphatic carbocycles. The van der Waals surface area contributed by atoms with Crippen molar-refractivity contribution in [3.8, 4) is 0 Å². The smallest absolute Gasteiger partial charge is 0.308 e. The number of nitrogens with zero attached hydrogens (tertiary/aromatic N) is 1. The first-order chi connectivity index (χ1) is 9.96. The van der Waals surface area contributed by atoms with Gasteiger partial charge in [0.2, 0.25) is 0 Å². The summed E-state index contributed by atoms with van der Waals surface area (Å²) in [6.07, 6.45) is 0. The van der Waals surface area contributed by atoms with Gasteiger partial charge in [-0.2, -0.15) is 0 Å². The molecule has 21 heavy (non-hydrogen) atoms. The van der Waals surface area contributed by atoms with Gasteiger partial charge in [0.15, 0.2) is 0 Å². The molecule has 0 atom stereocenters. The van der Waals surface area contributed by atoms with Gasteiger partial charge in [-0.1, -0.05) is 57.2 Å². The Morgan fingerprint density at radius 3 is 2.00 bits per heavy atom. The lowest BCUT2D eigenvalue weighted by atomic mass is 9.96. The molecular formula is C18H22N2O. The first kappa shape index (κ1) is 15.1. The van der Waals surface area contributed by atoms with Gasteiger partial charge in [-0.15, -0.1) is 0 Å². The number of hydrogen-bond donors (Lipinski definition) is 1. The Morgan fingerprint density at radius 2 is 1.48 bits per heavy atom. The summed E-state index contributed by atoms with van der Waals surface area (Å²) in [6.45, 7) is 7.02. The van der Waals surface area contributed by atoms with Gasteiger partial charge in [0, 0.05) is 17.9 Å². The van der Waals surface area contributed by atoms with Crippen molar-refractivity contribution >= 4 is 17.4 Å². The van der Waals surface area contributed by atoms with Crippen LogP contribution in [0.1, 0.15) is 20.8 Å². The summed E-state index contributed by atoms with van der Waals surface area (Å²) in [6, 6.07) is 19.2. The second-order valence-electron chi connectivity index (χ2n) is 6.28. The molecule has 0 radical (unpaired) electrons. The number of urea groups is 1. The first-order valence-corrected chi connectivity index (χ1v) is 7.14. The van der Waals surface area contributed by atoms with Crippen LogP contribution in [-0.2, 0) is 0 Å². The van der Waals surface area contributed by atoms with Gasteiger partial charge in [-0.05, 0) is 29.7 Å². The predicted molar refractivity (Wildman–Crippen MR) is 88.7 cm³/mol. The number of anilines is 2. The largest absolute Gasteiger partial charge is 0.326 e. The lowest BCUT2D eigenvalue weighted by Gasteiger charge is -2.30. The van der Waals surface area contributed by atoms with Gasteiger partial charge in [0.1, 0.15) is 0 Å². The lowest BCUT2D eigenvalue weighted by Crippen LogP contribution is -2.40. The number of para-hydroxylation sites is 2. The number of carbonyl (C=O) groups excluding carboxylic acids is 1. The van der Waals surface area contributed by atoms with Crippen molar-refractivity contribution in [3.05, 3.63) is 60.7 Å². The van der Waals surface area contributed by atoms with Crippen LogP contribution in [-0.4, -0.2) is 12.6 Å². The summed E-state index contributed by atoms with van der Waals surface area (Å²) in [4.78, 5) is 14.4. The molecular weight excluding hydrogens is 260 g/mol. The fourth-order valence-electron chi connectivity index (χ4n) is 2.08. The maximum absolute atomic E-state index is 12.6. The van der Waals surface area contributed by atoms with E-state index in [-0.39, 0.29) is 11.4 Å². The van der Waals surface area contributed by atoms with Crippen LogP contribution >= 0.6 is 0 Å². The van der Waals surface area contributed by atoms with E-state index in [1.165, 1.54) is 0 Å². The van der Waals surface area contributed by atoms with E-state index in [9.17, 15) is 4.79 Å². The molecule has 0 unspecified atom stereocenters. The Morgan fingerprint density at radius 1 is 0.952 bits per heavy atom. The summed E-state index contributed by atoms with van der Waals surface area (Å²) in [5.74, 6) is 0. The lowest BCUT2D eigenvalue weighted by molar-refractivity contribution is 0.253. The van der Waals surface area contributed by atoms with Crippen molar-refractivity contribution in [1.82, 2.24) is 0 Å². The van der Waals surface area contributed by atoms with Crippen molar-refractivity contribution < 1.29 is 4.79 Å². The molecule has 110 valence electrons. The fraction of sp³-hybridized carbons (Fsp3) is 0.278. The van der Waals surface area contributed by atoms with Gasteiger partial charge in [0.25, 0.3) is 0 Å². The molecule has 0 spiro atoms. The van der Waals surface area contributed by atoms with Crippen LogP contribution in [0, 0.1) is 5.41 Å². The quantitative estimate of drug-likeness (QED) is 0.864. The maximum Gasteiger partial charge on any atom is 0.326 e. The van der Waals surface area contributed by atoms with E-state index in [1.807, 2.05) is 60.7 Å². The van der Waals surface area contributed by atoms with Crippen molar-refractivity contribution in [2.24, 2.45) is 5.41 Å². The highest BCUT2D eigenvalue weighted by molar-refractivity contribution is 6.01. The van der Waals surface area contributed by atoms with E-state index >= 15 is 0 Å². The second-order valence-corrected chi connectivity index (χ2v) is 6.28. The van der Waals surface area contributed by atoms with Crippen LogP contribution in [0.3, 0.4) is 0 Å². The molecule has 2 rings (SSSR count). The van der Waals surface area contributed by atoms with Crippen molar-refractivity contribution in [2.75, 3.05) is 16.8 Å². The third-order valence-electron chi connectivity index (χ3n) is 2.97. The van der Waals surface area contributed by atoms with Crippen LogP contribution in [0.25, 0.3) is 0 Å². The SMILES string of the molecule is CC(C)(C)CN(C(=O)Nc1ccccc1)c1ccccc1. The number of rotatable bonds is 3. The van der Waals surface area contributed by atoms with Crippen molar-refractivity contribution in [3.63, 3.8) is 0 Å². The molecule has 2 aromatic rings. The molecule has 3 nitrogen and oxygen atoms in total. The van der Waals surface area contributed by atoms with Crippen LogP contribution in [0.15, 0.2) is 60.7 Å². The standard InChI is InChI=1S/C18H22N2O/c1-18(2,3)14-20(16-12-8-5-9-13-16)17(21)19-15-10-6-4-7-11-15/h4-13H,14H2,1-3H3,(H,19,21). The van der Waals surface area contributed by atoms with Crippen LogP contribution in [0.4, 0.5) is 16.2 Å². The van der Waals surface area contributed by atoms with E-state index in [0.717, 1.165) is 11.4 Å². The third kappa shape index (κ3) is 4.63. The van der Waals surface area contributed by atoms with Gasteiger partial charge in [-0.25, -0.2) is 4.79 Å². The normalized spacial score (nSPS) is 11.0. The predicted octanol–water partition coefficient (Wildman–Crippen LogP) is 4.77. The number of benzene rings is 2. The molecule has 2 amide bonds. The summed E-state index contributed by atoms with van der Waals surface area (Å²) in [7, 11) is 0. The molecule has 0 saturated carbocycles. The average molecular weight is 282 g/mol. The molecule has 0 aliphatic rings. The van der Waals surface area contributed by atoms with E-state index in [1.54, 1.807) is 4.90 Å². The summed E-state index contributed by atoms with van der Waals surface area (Å²) >= 11 is 0. The molecule has 0 fully saturated rings. The fourth-order valence-corrected chi connectivity index (χ4v) is 2.08. The maximum atomic E-state index is 12.6. The minimum absolute atomic E-state index is 0.0177. The van der Waals surface area contributed by atoms with Crippen LogP contribution in [0.2, 0.25) is 0 Å². The van der Waals surface area contributed by atoms with Gasteiger partial charge in [-0.3, -0.25) is 4.90 Å².